The van der Waals surface area contributed by atoms with E-state index in [4.69, 9.17) is 17.3 Å². The smallest absolute Gasteiger partial charge is 0.235 e. The number of anilines is 1. The molecule has 0 saturated heterocycles. The highest BCUT2D eigenvalue weighted by molar-refractivity contribution is 7.86. The molecule has 0 aliphatic heterocycles. The standard InChI is InChI=1S/C11H15ClN2O2S/c1-3-14-11(15)7(2)17(16)10-6-8(12)4-5-9(10)13/h4-7H,3,13H2,1-2H3,(H,14,15). The molecule has 1 amide bonds. The first-order chi connectivity index (χ1) is 7.97. The van der Waals surface area contributed by atoms with Gasteiger partial charge in [0.1, 0.15) is 5.25 Å². The van der Waals surface area contributed by atoms with Crippen molar-refractivity contribution in [2.75, 3.05) is 12.3 Å². The highest BCUT2D eigenvalue weighted by Gasteiger charge is 2.22. The minimum Gasteiger partial charge on any atom is -0.398 e. The molecule has 0 aliphatic carbocycles. The second kappa shape index (κ2) is 6.02. The van der Waals surface area contributed by atoms with Crippen LogP contribution in [-0.4, -0.2) is 21.9 Å². The Balaban J connectivity index is 2.96. The number of rotatable bonds is 4. The summed E-state index contributed by atoms with van der Waals surface area (Å²) in [4.78, 5) is 12.0. The summed E-state index contributed by atoms with van der Waals surface area (Å²) < 4.78 is 12.1. The molecule has 0 fully saturated rings. The molecule has 1 rings (SSSR count). The van der Waals surface area contributed by atoms with Crippen molar-refractivity contribution in [1.82, 2.24) is 5.32 Å². The molecule has 0 heterocycles. The van der Waals surface area contributed by atoms with Crippen LogP contribution in [0, 0.1) is 0 Å². The van der Waals surface area contributed by atoms with Crippen LogP contribution in [0.3, 0.4) is 0 Å². The van der Waals surface area contributed by atoms with Gasteiger partial charge >= 0.3 is 0 Å². The van der Waals surface area contributed by atoms with Crippen molar-refractivity contribution in [3.63, 3.8) is 0 Å². The van der Waals surface area contributed by atoms with Crippen LogP contribution < -0.4 is 11.1 Å². The molecule has 3 N–H and O–H groups in total. The lowest BCUT2D eigenvalue weighted by Crippen LogP contribution is -2.35. The van der Waals surface area contributed by atoms with Crippen molar-refractivity contribution < 1.29 is 9.00 Å². The summed E-state index contributed by atoms with van der Waals surface area (Å²) in [5.74, 6) is -0.259. The monoisotopic (exact) mass is 274 g/mol. The molecule has 0 aliphatic rings. The zero-order chi connectivity index (χ0) is 13.0. The van der Waals surface area contributed by atoms with E-state index < -0.39 is 16.0 Å². The van der Waals surface area contributed by atoms with E-state index in [2.05, 4.69) is 5.32 Å². The Morgan fingerprint density at radius 1 is 1.59 bits per heavy atom. The Morgan fingerprint density at radius 2 is 2.24 bits per heavy atom. The first kappa shape index (κ1) is 14.0. The average molecular weight is 275 g/mol. The zero-order valence-electron chi connectivity index (χ0n) is 9.70. The van der Waals surface area contributed by atoms with E-state index in [1.807, 2.05) is 0 Å². The number of nitrogens with two attached hydrogens (primary N) is 1. The van der Waals surface area contributed by atoms with Gasteiger partial charge in [-0.25, -0.2) is 0 Å². The highest BCUT2D eigenvalue weighted by Crippen LogP contribution is 2.23. The van der Waals surface area contributed by atoms with Gasteiger partial charge in [-0.2, -0.15) is 0 Å². The van der Waals surface area contributed by atoms with Crippen LogP contribution in [0.5, 0.6) is 0 Å². The van der Waals surface area contributed by atoms with Gasteiger partial charge in [0.15, 0.2) is 0 Å². The fourth-order valence-corrected chi connectivity index (χ4v) is 2.73. The van der Waals surface area contributed by atoms with Gasteiger partial charge < -0.3 is 11.1 Å². The Labute approximate surface area is 108 Å². The number of nitrogen functional groups attached to an aromatic ring is 1. The molecule has 0 bridgehead atoms. The number of carbonyl (C=O) groups excluding carboxylic acids is 1. The fraction of sp³-hybridized carbons (Fsp3) is 0.364. The predicted octanol–water partition coefficient (Wildman–Crippen LogP) is 1.55. The van der Waals surface area contributed by atoms with E-state index in [1.54, 1.807) is 26.0 Å². The number of carbonyl (C=O) groups is 1. The summed E-state index contributed by atoms with van der Waals surface area (Å²) in [6, 6.07) is 4.73. The van der Waals surface area contributed by atoms with E-state index in [0.29, 0.717) is 22.2 Å². The maximum Gasteiger partial charge on any atom is 0.235 e. The molecule has 0 radical (unpaired) electrons. The highest BCUT2D eigenvalue weighted by atomic mass is 35.5. The van der Waals surface area contributed by atoms with Gasteiger partial charge in [0.05, 0.1) is 15.7 Å². The Kier molecular flexibility index (Phi) is 4.96. The third-order valence-corrected chi connectivity index (χ3v) is 4.11. The molecule has 0 aromatic heterocycles. The number of hydrogen-bond donors (Lipinski definition) is 2. The first-order valence-corrected chi connectivity index (χ1v) is 6.79. The number of amides is 1. The molecule has 0 spiro atoms. The maximum absolute atomic E-state index is 12.1. The SMILES string of the molecule is CCNC(=O)C(C)S(=O)c1cc(Cl)ccc1N. The maximum atomic E-state index is 12.1. The topological polar surface area (TPSA) is 72.2 Å². The van der Waals surface area contributed by atoms with Gasteiger partial charge in [-0.05, 0) is 32.0 Å². The van der Waals surface area contributed by atoms with Gasteiger partial charge in [0.25, 0.3) is 0 Å². The molecular weight excluding hydrogens is 260 g/mol. The predicted molar refractivity (Wildman–Crippen MR) is 70.4 cm³/mol. The molecular formula is C11H15ClN2O2S. The van der Waals surface area contributed by atoms with Gasteiger partial charge in [-0.1, -0.05) is 11.6 Å². The summed E-state index contributed by atoms with van der Waals surface area (Å²) in [7, 11) is -1.50. The lowest BCUT2D eigenvalue weighted by molar-refractivity contribution is -0.120. The quantitative estimate of drug-likeness (QED) is 0.819. The van der Waals surface area contributed by atoms with E-state index in [0.717, 1.165) is 0 Å². The molecule has 17 heavy (non-hydrogen) atoms. The molecule has 0 saturated carbocycles. The second-order valence-electron chi connectivity index (χ2n) is 3.52. The average Bonchev–Trinajstić information content (AvgIpc) is 2.30. The summed E-state index contributed by atoms with van der Waals surface area (Å²) in [5.41, 5.74) is 6.10. The van der Waals surface area contributed by atoms with E-state index in [1.165, 1.54) is 6.07 Å². The van der Waals surface area contributed by atoms with Crippen molar-refractivity contribution >= 4 is 34.0 Å². The van der Waals surface area contributed by atoms with Crippen molar-refractivity contribution in [2.24, 2.45) is 0 Å². The number of nitrogens with one attached hydrogen (secondary N) is 1. The third-order valence-electron chi connectivity index (χ3n) is 2.23. The van der Waals surface area contributed by atoms with Crippen molar-refractivity contribution in [3.8, 4) is 0 Å². The lowest BCUT2D eigenvalue weighted by Gasteiger charge is -2.12. The Morgan fingerprint density at radius 3 is 2.82 bits per heavy atom. The molecule has 1 aromatic carbocycles. The van der Waals surface area contributed by atoms with E-state index in [9.17, 15) is 9.00 Å². The van der Waals surface area contributed by atoms with Crippen LogP contribution in [0.4, 0.5) is 5.69 Å². The third kappa shape index (κ3) is 3.44. The van der Waals surface area contributed by atoms with Crippen LogP contribution in [-0.2, 0) is 15.6 Å². The normalized spacial score (nSPS) is 14.1. The van der Waals surface area contributed by atoms with Crippen LogP contribution in [0.15, 0.2) is 23.1 Å². The molecule has 94 valence electrons. The minimum absolute atomic E-state index is 0.259. The molecule has 2 atom stereocenters. The Hall–Kier alpha value is -1.07. The fourth-order valence-electron chi connectivity index (χ4n) is 1.29. The summed E-state index contributed by atoms with van der Waals surface area (Å²) >= 11 is 5.82. The van der Waals surface area contributed by atoms with Crippen LogP contribution in [0.25, 0.3) is 0 Å². The zero-order valence-corrected chi connectivity index (χ0v) is 11.3. The number of halogens is 1. The Bertz CT molecular complexity index is 451. The number of benzene rings is 1. The van der Waals surface area contributed by atoms with Gasteiger partial charge in [-0.3, -0.25) is 9.00 Å². The second-order valence-corrected chi connectivity index (χ2v) is 5.69. The van der Waals surface area contributed by atoms with Crippen molar-refractivity contribution in [1.29, 1.82) is 0 Å². The summed E-state index contributed by atoms with van der Waals surface area (Å²) in [6.45, 7) is 3.91. The minimum atomic E-state index is -1.50. The number of hydrogen-bond acceptors (Lipinski definition) is 3. The van der Waals surface area contributed by atoms with Crippen molar-refractivity contribution in [3.05, 3.63) is 23.2 Å². The van der Waals surface area contributed by atoms with Gasteiger partial charge in [0, 0.05) is 17.3 Å². The summed E-state index contributed by atoms with van der Waals surface area (Å²) in [5, 5.41) is 2.42. The van der Waals surface area contributed by atoms with Gasteiger partial charge in [0.2, 0.25) is 5.91 Å². The van der Waals surface area contributed by atoms with Crippen LogP contribution >= 0.6 is 11.6 Å². The van der Waals surface area contributed by atoms with E-state index >= 15 is 0 Å². The molecule has 6 heteroatoms. The van der Waals surface area contributed by atoms with Crippen LogP contribution in [0.1, 0.15) is 13.8 Å². The van der Waals surface area contributed by atoms with Gasteiger partial charge in [-0.15, -0.1) is 0 Å². The van der Waals surface area contributed by atoms with Crippen molar-refractivity contribution in [2.45, 2.75) is 24.0 Å². The largest absolute Gasteiger partial charge is 0.398 e. The molecule has 4 nitrogen and oxygen atoms in total. The lowest BCUT2D eigenvalue weighted by atomic mass is 10.3. The summed E-state index contributed by atoms with van der Waals surface area (Å²) in [6.07, 6.45) is 0. The van der Waals surface area contributed by atoms with E-state index in [-0.39, 0.29) is 5.91 Å². The molecule has 1 aromatic rings. The van der Waals surface area contributed by atoms with Crippen LogP contribution in [0.2, 0.25) is 5.02 Å². The molecule has 2 unspecified atom stereocenters. The first-order valence-electron chi connectivity index (χ1n) is 5.20.